The molecular weight excluding hydrogens is 343 g/mol. The van der Waals surface area contributed by atoms with E-state index in [9.17, 15) is 4.79 Å². The SMILES string of the molecule is C=CCN1[C@@H](C)CC(=O)C[C@H]1C1=CN(C)NN1.I. The van der Waals surface area contributed by atoms with E-state index in [0.717, 1.165) is 12.2 Å². The number of nitrogens with zero attached hydrogens (tertiary/aromatic N) is 2. The van der Waals surface area contributed by atoms with Gasteiger partial charge in [-0.25, -0.2) is 0 Å². The molecule has 1 saturated heterocycles. The van der Waals surface area contributed by atoms with Crippen molar-refractivity contribution in [1.29, 1.82) is 0 Å². The molecule has 0 radical (unpaired) electrons. The fraction of sp³-hybridized carbons (Fsp3) is 0.583. The third-order valence-corrected chi connectivity index (χ3v) is 3.32. The number of Topliss-reactive ketones (excluding diaryl/α,β-unsaturated/α-hetero) is 1. The second kappa shape index (κ2) is 6.53. The fourth-order valence-corrected chi connectivity index (χ4v) is 2.51. The monoisotopic (exact) mass is 364 g/mol. The summed E-state index contributed by atoms with van der Waals surface area (Å²) in [5, 5.41) is 1.85. The molecule has 0 aromatic rings. The molecule has 0 bridgehead atoms. The Bertz CT molecular complexity index is 358. The maximum Gasteiger partial charge on any atom is 0.136 e. The van der Waals surface area contributed by atoms with Gasteiger partial charge in [0.05, 0.1) is 11.7 Å². The Kier molecular flexibility index (Phi) is 5.61. The topological polar surface area (TPSA) is 47.6 Å². The highest BCUT2D eigenvalue weighted by Crippen LogP contribution is 2.25. The Balaban J connectivity index is 0.00000162. The summed E-state index contributed by atoms with van der Waals surface area (Å²) in [6.07, 6.45) is 5.10. The predicted octanol–water partition coefficient (Wildman–Crippen LogP) is 1.01. The van der Waals surface area contributed by atoms with Gasteiger partial charge in [0.15, 0.2) is 0 Å². The maximum absolute atomic E-state index is 11.7. The number of piperidine rings is 1. The van der Waals surface area contributed by atoms with E-state index in [1.165, 1.54) is 0 Å². The van der Waals surface area contributed by atoms with Crippen LogP contribution in [0.25, 0.3) is 0 Å². The molecule has 102 valence electrons. The number of carbonyl (C=O) groups excluding carboxylic acids is 1. The third kappa shape index (κ3) is 3.24. The summed E-state index contributed by atoms with van der Waals surface area (Å²) in [7, 11) is 1.92. The molecule has 0 amide bonds. The van der Waals surface area contributed by atoms with Crippen LogP contribution in [0.3, 0.4) is 0 Å². The van der Waals surface area contributed by atoms with Crippen molar-refractivity contribution in [3.63, 3.8) is 0 Å². The highest BCUT2D eigenvalue weighted by atomic mass is 127. The zero-order valence-corrected chi connectivity index (χ0v) is 13.2. The molecule has 0 saturated carbocycles. The smallest absolute Gasteiger partial charge is 0.136 e. The number of hydrogen-bond donors (Lipinski definition) is 2. The van der Waals surface area contributed by atoms with Crippen molar-refractivity contribution < 1.29 is 4.79 Å². The Morgan fingerprint density at radius 1 is 1.56 bits per heavy atom. The lowest BCUT2D eigenvalue weighted by molar-refractivity contribution is -0.124. The van der Waals surface area contributed by atoms with Crippen LogP contribution in [0, 0.1) is 0 Å². The Labute approximate surface area is 125 Å². The van der Waals surface area contributed by atoms with Gasteiger partial charge in [0.1, 0.15) is 5.78 Å². The summed E-state index contributed by atoms with van der Waals surface area (Å²) in [5.41, 5.74) is 7.15. The largest absolute Gasteiger partial charge is 0.305 e. The van der Waals surface area contributed by atoms with Gasteiger partial charge in [-0.3, -0.25) is 14.7 Å². The molecule has 0 spiro atoms. The maximum atomic E-state index is 11.7. The Morgan fingerprint density at radius 3 is 2.83 bits per heavy atom. The number of likely N-dealkylation sites (tertiary alicyclic amines) is 1. The second-order valence-corrected chi connectivity index (χ2v) is 4.73. The van der Waals surface area contributed by atoms with Gasteiger partial charge < -0.3 is 5.43 Å². The lowest BCUT2D eigenvalue weighted by atomic mass is 9.93. The summed E-state index contributed by atoms with van der Waals surface area (Å²) in [6, 6.07) is 0.398. The van der Waals surface area contributed by atoms with E-state index in [-0.39, 0.29) is 36.1 Å². The average Bonchev–Trinajstić information content (AvgIpc) is 2.68. The van der Waals surface area contributed by atoms with Gasteiger partial charge in [-0.2, -0.15) is 0 Å². The van der Waals surface area contributed by atoms with E-state index in [0.29, 0.717) is 18.6 Å². The van der Waals surface area contributed by atoms with E-state index in [4.69, 9.17) is 0 Å². The molecule has 18 heavy (non-hydrogen) atoms. The minimum Gasteiger partial charge on any atom is -0.305 e. The summed E-state index contributed by atoms with van der Waals surface area (Å²) in [6.45, 7) is 6.70. The number of ketones is 1. The first-order chi connectivity index (χ1) is 8.11. The van der Waals surface area contributed by atoms with Crippen LogP contribution in [0.2, 0.25) is 0 Å². The van der Waals surface area contributed by atoms with Gasteiger partial charge >= 0.3 is 0 Å². The molecule has 0 aliphatic carbocycles. The third-order valence-electron chi connectivity index (χ3n) is 3.32. The van der Waals surface area contributed by atoms with Gasteiger partial charge in [-0.15, -0.1) is 36.1 Å². The molecule has 2 aliphatic rings. The zero-order valence-electron chi connectivity index (χ0n) is 10.8. The summed E-state index contributed by atoms with van der Waals surface area (Å²) < 4.78 is 0. The van der Waals surface area contributed by atoms with Gasteiger partial charge in [0.2, 0.25) is 0 Å². The minimum absolute atomic E-state index is 0. The van der Waals surface area contributed by atoms with E-state index in [1.807, 2.05) is 24.3 Å². The van der Waals surface area contributed by atoms with E-state index in [1.54, 1.807) is 0 Å². The molecule has 1 fully saturated rings. The van der Waals surface area contributed by atoms with Crippen LogP contribution in [0.15, 0.2) is 24.6 Å². The molecule has 2 atom stereocenters. The fourth-order valence-electron chi connectivity index (χ4n) is 2.51. The summed E-state index contributed by atoms with van der Waals surface area (Å²) in [5.74, 6) is 0.333. The molecule has 0 aromatic heterocycles. The lowest BCUT2D eigenvalue weighted by Crippen LogP contribution is -2.51. The quantitative estimate of drug-likeness (QED) is 0.578. The van der Waals surface area contributed by atoms with E-state index in [2.05, 4.69) is 29.4 Å². The van der Waals surface area contributed by atoms with Gasteiger partial charge in [-0.05, 0) is 6.92 Å². The van der Waals surface area contributed by atoms with Crippen LogP contribution in [0.1, 0.15) is 19.8 Å². The molecule has 2 rings (SSSR count). The molecule has 2 aliphatic heterocycles. The normalized spacial score (nSPS) is 28.4. The van der Waals surface area contributed by atoms with Crippen LogP contribution < -0.4 is 11.0 Å². The zero-order chi connectivity index (χ0) is 12.4. The first-order valence-corrected chi connectivity index (χ1v) is 5.96. The van der Waals surface area contributed by atoms with Crippen molar-refractivity contribution in [3.05, 3.63) is 24.6 Å². The molecule has 2 N–H and O–H groups in total. The van der Waals surface area contributed by atoms with Crippen molar-refractivity contribution in [2.75, 3.05) is 13.6 Å². The van der Waals surface area contributed by atoms with Crippen LogP contribution in [-0.4, -0.2) is 41.4 Å². The van der Waals surface area contributed by atoms with Gasteiger partial charge in [0.25, 0.3) is 0 Å². The summed E-state index contributed by atoms with van der Waals surface area (Å²) in [4.78, 5) is 14.0. The number of halogens is 1. The number of hydrogen-bond acceptors (Lipinski definition) is 5. The standard InChI is InChI=1S/C12H20N4O.HI/c1-4-5-16-9(2)6-10(17)7-12(16)11-8-15(3)14-13-11;/h4,8-9,12-14H,1,5-7H2,2-3H3;1H/t9-,12-;/m0./s1. The van der Waals surface area contributed by atoms with Crippen LogP contribution >= 0.6 is 24.0 Å². The van der Waals surface area contributed by atoms with Gasteiger partial charge in [-0.1, -0.05) is 6.08 Å². The minimum atomic E-state index is 0. The Morgan fingerprint density at radius 2 is 2.28 bits per heavy atom. The molecule has 5 nitrogen and oxygen atoms in total. The number of nitrogens with one attached hydrogen (secondary N) is 2. The van der Waals surface area contributed by atoms with E-state index < -0.39 is 0 Å². The Hall–Kier alpha value is -0.600. The van der Waals surface area contributed by atoms with Crippen molar-refractivity contribution in [2.45, 2.75) is 31.8 Å². The first kappa shape index (κ1) is 15.5. The van der Waals surface area contributed by atoms with Crippen LogP contribution in [0.5, 0.6) is 0 Å². The van der Waals surface area contributed by atoms with E-state index >= 15 is 0 Å². The van der Waals surface area contributed by atoms with Crippen molar-refractivity contribution >= 4 is 29.8 Å². The van der Waals surface area contributed by atoms with Gasteiger partial charge in [0, 0.05) is 38.7 Å². The number of rotatable bonds is 3. The first-order valence-electron chi connectivity index (χ1n) is 5.96. The number of carbonyl (C=O) groups is 1. The molecule has 2 heterocycles. The molecule has 0 unspecified atom stereocenters. The van der Waals surface area contributed by atoms with Crippen LogP contribution in [0.4, 0.5) is 0 Å². The average molecular weight is 364 g/mol. The highest BCUT2D eigenvalue weighted by Gasteiger charge is 2.35. The van der Waals surface area contributed by atoms with Crippen molar-refractivity contribution in [3.8, 4) is 0 Å². The lowest BCUT2D eigenvalue weighted by Gasteiger charge is -2.39. The van der Waals surface area contributed by atoms with Crippen molar-refractivity contribution in [1.82, 2.24) is 20.9 Å². The number of hydrazine groups is 2. The van der Waals surface area contributed by atoms with Crippen LogP contribution in [-0.2, 0) is 4.79 Å². The predicted molar refractivity (Wildman–Crippen MR) is 81.9 cm³/mol. The second-order valence-electron chi connectivity index (χ2n) is 4.73. The van der Waals surface area contributed by atoms with Crippen molar-refractivity contribution in [2.24, 2.45) is 0 Å². The molecule has 0 aromatic carbocycles. The summed E-state index contributed by atoms with van der Waals surface area (Å²) >= 11 is 0. The molecule has 6 heteroatoms. The highest BCUT2D eigenvalue weighted by molar-refractivity contribution is 14.0. The molecular formula is C12H21IN4O.